The fourth-order valence-electron chi connectivity index (χ4n) is 3.04. The van der Waals surface area contributed by atoms with E-state index in [0.717, 1.165) is 0 Å². The summed E-state index contributed by atoms with van der Waals surface area (Å²) in [5.41, 5.74) is 0.443. The topological polar surface area (TPSA) is 9.23 Å². The van der Waals surface area contributed by atoms with Crippen LogP contribution in [0.1, 0.15) is 65.2 Å². The van der Waals surface area contributed by atoms with Gasteiger partial charge < -0.3 is 4.74 Å². The molecule has 0 aromatic rings. The zero-order valence-corrected chi connectivity index (χ0v) is 9.07. The first-order valence-corrected chi connectivity index (χ1v) is 5.82. The van der Waals surface area contributed by atoms with E-state index in [0.29, 0.717) is 0 Å². The molecule has 13 heavy (non-hydrogen) atoms. The van der Waals surface area contributed by atoms with Crippen LogP contribution in [0.3, 0.4) is 0 Å². The summed E-state index contributed by atoms with van der Waals surface area (Å²) in [5.74, 6) is 0. The van der Waals surface area contributed by atoms with Crippen molar-refractivity contribution in [3.05, 3.63) is 0 Å². The monoisotopic (exact) mass is 182 g/mol. The van der Waals surface area contributed by atoms with Crippen molar-refractivity contribution in [1.29, 1.82) is 0 Å². The van der Waals surface area contributed by atoms with Crippen LogP contribution in [-0.4, -0.2) is 11.2 Å². The predicted molar refractivity (Wildman–Crippen MR) is 54.8 cm³/mol. The lowest BCUT2D eigenvalue weighted by molar-refractivity contribution is -0.133. The van der Waals surface area contributed by atoms with Crippen LogP contribution in [0, 0.1) is 0 Å². The normalized spacial score (nSPS) is 30.9. The van der Waals surface area contributed by atoms with Gasteiger partial charge in [-0.15, -0.1) is 0 Å². The standard InChI is InChI=1S/C12H22O/c1-11(7-3-4-8-11)13-12(2)9-5-6-10-12/h3-10H2,1-2H3. The van der Waals surface area contributed by atoms with E-state index in [4.69, 9.17) is 4.74 Å². The van der Waals surface area contributed by atoms with Gasteiger partial charge in [0, 0.05) is 0 Å². The van der Waals surface area contributed by atoms with Crippen LogP contribution in [0.15, 0.2) is 0 Å². The molecular weight excluding hydrogens is 160 g/mol. The Bertz CT molecular complexity index is 154. The van der Waals surface area contributed by atoms with Crippen molar-refractivity contribution in [1.82, 2.24) is 0 Å². The Balaban J connectivity index is 1.95. The SMILES string of the molecule is CC1(OC2(C)CCCC2)CCCC1. The maximum atomic E-state index is 6.35. The molecule has 0 aromatic heterocycles. The van der Waals surface area contributed by atoms with Crippen LogP contribution >= 0.6 is 0 Å². The van der Waals surface area contributed by atoms with E-state index < -0.39 is 0 Å². The summed E-state index contributed by atoms with van der Waals surface area (Å²) >= 11 is 0. The number of hydrogen-bond donors (Lipinski definition) is 0. The fourth-order valence-corrected chi connectivity index (χ4v) is 3.04. The third kappa shape index (κ3) is 2.07. The highest BCUT2D eigenvalue weighted by molar-refractivity contribution is 4.89. The van der Waals surface area contributed by atoms with Gasteiger partial charge in [-0.25, -0.2) is 0 Å². The molecule has 2 fully saturated rings. The van der Waals surface area contributed by atoms with Crippen molar-refractivity contribution in [2.75, 3.05) is 0 Å². The van der Waals surface area contributed by atoms with Gasteiger partial charge in [0.2, 0.25) is 0 Å². The summed E-state index contributed by atoms with van der Waals surface area (Å²) in [6.45, 7) is 4.62. The van der Waals surface area contributed by atoms with Crippen molar-refractivity contribution in [3.63, 3.8) is 0 Å². The quantitative estimate of drug-likeness (QED) is 0.633. The summed E-state index contributed by atoms with van der Waals surface area (Å²) in [5, 5.41) is 0. The van der Waals surface area contributed by atoms with E-state index >= 15 is 0 Å². The molecular formula is C12H22O. The van der Waals surface area contributed by atoms with Crippen molar-refractivity contribution >= 4 is 0 Å². The molecule has 0 radical (unpaired) electrons. The molecule has 2 aliphatic carbocycles. The zero-order valence-electron chi connectivity index (χ0n) is 9.07. The molecule has 0 amide bonds. The van der Waals surface area contributed by atoms with E-state index in [1.54, 1.807) is 0 Å². The molecule has 76 valence electrons. The molecule has 1 nitrogen and oxygen atoms in total. The Morgan fingerprint density at radius 3 is 1.31 bits per heavy atom. The summed E-state index contributed by atoms with van der Waals surface area (Å²) in [4.78, 5) is 0. The van der Waals surface area contributed by atoms with Crippen molar-refractivity contribution in [3.8, 4) is 0 Å². The minimum absolute atomic E-state index is 0.221. The first kappa shape index (κ1) is 9.51. The van der Waals surface area contributed by atoms with Gasteiger partial charge in [-0.3, -0.25) is 0 Å². The molecule has 0 aromatic carbocycles. The van der Waals surface area contributed by atoms with Gasteiger partial charge in [0.05, 0.1) is 11.2 Å². The Labute approximate surface area is 81.9 Å². The molecule has 0 unspecified atom stereocenters. The first-order chi connectivity index (χ1) is 6.12. The summed E-state index contributed by atoms with van der Waals surface area (Å²) in [6.07, 6.45) is 10.6. The molecule has 0 saturated heterocycles. The third-order valence-corrected chi connectivity index (χ3v) is 3.82. The van der Waals surface area contributed by atoms with E-state index in [1.807, 2.05) is 0 Å². The van der Waals surface area contributed by atoms with E-state index in [-0.39, 0.29) is 11.2 Å². The Morgan fingerprint density at radius 2 is 1.00 bits per heavy atom. The van der Waals surface area contributed by atoms with Gasteiger partial charge in [-0.05, 0) is 39.5 Å². The summed E-state index contributed by atoms with van der Waals surface area (Å²) in [6, 6.07) is 0. The minimum Gasteiger partial charge on any atom is -0.369 e. The molecule has 0 spiro atoms. The lowest BCUT2D eigenvalue weighted by Gasteiger charge is -2.35. The molecule has 2 aliphatic rings. The van der Waals surface area contributed by atoms with Gasteiger partial charge in [-0.2, -0.15) is 0 Å². The molecule has 2 rings (SSSR count). The molecule has 0 bridgehead atoms. The van der Waals surface area contributed by atoms with Crippen LogP contribution in [0.5, 0.6) is 0 Å². The minimum atomic E-state index is 0.221. The maximum Gasteiger partial charge on any atom is 0.0662 e. The molecule has 0 N–H and O–H groups in total. The lowest BCUT2D eigenvalue weighted by atomic mass is 10.00. The summed E-state index contributed by atoms with van der Waals surface area (Å²) < 4.78 is 6.35. The van der Waals surface area contributed by atoms with Crippen molar-refractivity contribution in [2.45, 2.75) is 76.4 Å². The fraction of sp³-hybridized carbons (Fsp3) is 1.00. The first-order valence-electron chi connectivity index (χ1n) is 5.82. The van der Waals surface area contributed by atoms with Gasteiger partial charge in [0.1, 0.15) is 0 Å². The molecule has 1 heteroatoms. The summed E-state index contributed by atoms with van der Waals surface area (Å²) in [7, 11) is 0. The zero-order chi connectivity index (χ0) is 9.36. The average Bonchev–Trinajstić information content (AvgIpc) is 2.60. The molecule has 0 heterocycles. The van der Waals surface area contributed by atoms with Crippen LogP contribution < -0.4 is 0 Å². The van der Waals surface area contributed by atoms with E-state index in [9.17, 15) is 0 Å². The van der Waals surface area contributed by atoms with Gasteiger partial charge in [0.25, 0.3) is 0 Å². The largest absolute Gasteiger partial charge is 0.369 e. The second-order valence-corrected chi connectivity index (χ2v) is 5.42. The molecule has 0 aliphatic heterocycles. The van der Waals surface area contributed by atoms with E-state index in [1.165, 1.54) is 51.4 Å². The number of hydrogen-bond acceptors (Lipinski definition) is 1. The van der Waals surface area contributed by atoms with Gasteiger partial charge in [-0.1, -0.05) is 25.7 Å². The second kappa shape index (κ2) is 3.27. The van der Waals surface area contributed by atoms with Gasteiger partial charge in [0.15, 0.2) is 0 Å². The highest BCUT2D eigenvalue weighted by atomic mass is 16.5. The van der Waals surface area contributed by atoms with Crippen LogP contribution in [-0.2, 0) is 4.74 Å². The van der Waals surface area contributed by atoms with E-state index in [2.05, 4.69) is 13.8 Å². The average molecular weight is 182 g/mol. The molecule has 2 saturated carbocycles. The smallest absolute Gasteiger partial charge is 0.0662 e. The maximum absolute atomic E-state index is 6.35. The highest BCUT2D eigenvalue weighted by Crippen LogP contribution is 2.41. The Morgan fingerprint density at radius 1 is 0.692 bits per heavy atom. The third-order valence-electron chi connectivity index (χ3n) is 3.82. The number of ether oxygens (including phenoxy) is 1. The predicted octanol–water partition coefficient (Wildman–Crippen LogP) is 3.67. The van der Waals surface area contributed by atoms with Crippen LogP contribution in [0.4, 0.5) is 0 Å². The van der Waals surface area contributed by atoms with Crippen LogP contribution in [0.25, 0.3) is 0 Å². The highest BCUT2D eigenvalue weighted by Gasteiger charge is 2.39. The second-order valence-electron chi connectivity index (χ2n) is 5.42. The lowest BCUT2D eigenvalue weighted by Crippen LogP contribution is -2.37. The van der Waals surface area contributed by atoms with Crippen molar-refractivity contribution in [2.24, 2.45) is 0 Å². The number of rotatable bonds is 2. The van der Waals surface area contributed by atoms with Crippen molar-refractivity contribution < 1.29 is 4.74 Å². The molecule has 0 atom stereocenters. The Kier molecular flexibility index (Phi) is 2.39. The Hall–Kier alpha value is -0.0400. The van der Waals surface area contributed by atoms with Crippen LogP contribution in [0.2, 0.25) is 0 Å². The van der Waals surface area contributed by atoms with Gasteiger partial charge >= 0.3 is 0 Å².